The summed E-state index contributed by atoms with van der Waals surface area (Å²) in [7, 11) is 0. The van der Waals surface area contributed by atoms with E-state index < -0.39 is 0 Å². The molecule has 0 aliphatic rings. The quantitative estimate of drug-likeness (QED) is 0.856. The number of ether oxygens (including phenoxy) is 1. The first-order chi connectivity index (χ1) is 9.65. The maximum atomic E-state index is 11.8. The molecular formula is C16H16ClNO2. The largest absolute Gasteiger partial charge is 0.492 e. The lowest BCUT2D eigenvalue weighted by atomic mass is 10.2. The Morgan fingerprint density at radius 2 is 1.95 bits per heavy atom. The maximum Gasteiger partial charge on any atom is 0.251 e. The third kappa shape index (κ3) is 4.28. The monoisotopic (exact) mass is 289 g/mol. The average Bonchev–Trinajstić information content (AvgIpc) is 2.45. The molecule has 2 aromatic rings. The number of halogens is 1. The Kier molecular flexibility index (Phi) is 5.02. The standard InChI is InChI=1S/C16H16ClNO2/c1-12-5-7-15(8-6-12)20-10-9-18-16(19)13-3-2-4-14(17)11-13/h2-8,11H,9-10H2,1H3,(H,18,19). The predicted molar refractivity (Wildman–Crippen MR) is 80.5 cm³/mol. The van der Waals surface area contributed by atoms with Crippen LogP contribution in [-0.2, 0) is 0 Å². The SMILES string of the molecule is Cc1ccc(OCCNC(=O)c2cccc(Cl)c2)cc1. The van der Waals surface area contributed by atoms with Crippen molar-refractivity contribution in [1.29, 1.82) is 0 Å². The van der Waals surface area contributed by atoms with Crippen molar-refractivity contribution in [3.05, 3.63) is 64.7 Å². The van der Waals surface area contributed by atoms with Gasteiger partial charge in [-0.05, 0) is 37.3 Å². The summed E-state index contributed by atoms with van der Waals surface area (Å²) in [6.07, 6.45) is 0. The van der Waals surface area contributed by atoms with Crippen molar-refractivity contribution in [3.63, 3.8) is 0 Å². The molecule has 20 heavy (non-hydrogen) atoms. The van der Waals surface area contributed by atoms with Gasteiger partial charge < -0.3 is 10.1 Å². The number of benzene rings is 2. The fraction of sp³-hybridized carbons (Fsp3) is 0.188. The van der Waals surface area contributed by atoms with Crippen LogP contribution < -0.4 is 10.1 Å². The zero-order valence-electron chi connectivity index (χ0n) is 11.2. The van der Waals surface area contributed by atoms with Gasteiger partial charge in [0.25, 0.3) is 5.91 Å². The van der Waals surface area contributed by atoms with Crippen LogP contribution in [0.5, 0.6) is 5.75 Å². The number of hydrogen-bond donors (Lipinski definition) is 1. The highest BCUT2D eigenvalue weighted by atomic mass is 35.5. The van der Waals surface area contributed by atoms with E-state index in [-0.39, 0.29) is 5.91 Å². The van der Waals surface area contributed by atoms with Gasteiger partial charge in [0.05, 0.1) is 6.54 Å². The molecule has 0 atom stereocenters. The van der Waals surface area contributed by atoms with Gasteiger partial charge in [0.15, 0.2) is 0 Å². The van der Waals surface area contributed by atoms with Gasteiger partial charge in [-0.3, -0.25) is 4.79 Å². The molecule has 1 amide bonds. The minimum absolute atomic E-state index is 0.153. The minimum Gasteiger partial charge on any atom is -0.492 e. The fourth-order valence-corrected chi connectivity index (χ4v) is 1.89. The van der Waals surface area contributed by atoms with E-state index in [4.69, 9.17) is 16.3 Å². The summed E-state index contributed by atoms with van der Waals surface area (Å²) in [6.45, 7) is 2.89. The molecule has 0 unspecified atom stereocenters. The van der Waals surface area contributed by atoms with Crippen LogP contribution in [0.15, 0.2) is 48.5 Å². The summed E-state index contributed by atoms with van der Waals surface area (Å²) in [4.78, 5) is 11.8. The van der Waals surface area contributed by atoms with Gasteiger partial charge in [0.1, 0.15) is 12.4 Å². The van der Waals surface area contributed by atoms with E-state index in [9.17, 15) is 4.79 Å². The van der Waals surface area contributed by atoms with E-state index in [0.29, 0.717) is 23.7 Å². The molecule has 0 aromatic heterocycles. The molecule has 0 spiro atoms. The molecule has 0 heterocycles. The van der Waals surface area contributed by atoms with Gasteiger partial charge in [0, 0.05) is 10.6 Å². The Hall–Kier alpha value is -2.00. The lowest BCUT2D eigenvalue weighted by molar-refractivity contribution is 0.0947. The van der Waals surface area contributed by atoms with Gasteiger partial charge in [-0.25, -0.2) is 0 Å². The molecule has 0 saturated carbocycles. The highest BCUT2D eigenvalue weighted by Gasteiger charge is 2.04. The van der Waals surface area contributed by atoms with Crippen LogP contribution in [0.1, 0.15) is 15.9 Å². The van der Waals surface area contributed by atoms with E-state index in [2.05, 4.69) is 5.32 Å². The molecule has 2 rings (SSSR count). The molecule has 0 aliphatic carbocycles. The molecule has 3 nitrogen and oxygen atoms in total. The van der Waals surface area contributed by atoms with Crippen molar-refractivity contribution in [1.82, 2.24) is 5.32 Å². The highest BCUT2D eigenvalue weighted by Crippen LogP contribution is 2.11. The number of carbonyl (C=O) groups is 1. The molecule has 0 saturated heterocycles. The van der Waals surface area contributed by atoms with E-state index in [1.54, 1.807) is 24.3 Å². The smallest absolute Gasteiger partial charge is 0.251 e. The fourth-order valence-electron chi connectivity index (χ4n) is 1.70. The summed E-state index contributed by atoms with van der Waals surface area (Å²) in [6, 6.07) is 14.6. The summed E-state index contributed by atoms with van der Waals surface area (Å²) in [5.74, 6) is 0.646. The van der Waals surface area contributed by atoms with Crippen LogP contribution in [-0.4, -0.2) is 19.1 Å². The first-order valence-electron chi connectivity index (χ1n) is 6.38. The van der Waals surface area contributed by atoms with Crippen LogP contribution in [0.2, 0.25) is 5.02 Å². The van der Waals surface area contributed by atoms with Gasteiger partial charge in [-0.1, -0.05) is 35.4 Å². The van der Waals surface area contributed by atoms with Crippen LogP contribution in [0.3, 0.4) is 0 Å². The van der Waals surface area contributed by atoms with Crippen molar-refractivity contribution >= 4 is 17.5 Å². The van der Waals surface area contributed by atoms with Crippen LogP contribution in [0.25, 0.3) is 0 Å². The second kappa shape index (κ2) is 6.96. The molecule has 1 N–H and O–H groups in total. The van der Waals surface area contributed by atoms with E-state index in [1.165, 1.54) is 5.56 Å². The Morgan fingerprint density at radius 3 is 2.65 bits per heavy atom. The van der Waals surface area contributed by atoms with E-state index >= 15 is 0 Å². The average molecular weight is 290 g/mol. The number of amides is 1. The topological polar surface area (TPSA) is 38.3 Å². The van der Waals surface area contributed by atoms with Crippen molar-refractivity contribution < 1.29 is 9.53 Å². The molecular weight excluding hydrogens is 274 g/mol. The summed E-state index contributed by atoms with van der Waals surface area (Å²) in [5.41, 5.74) is 1.74. The lowest BCUT2D eigenvalue weighted by Crippen LogP contribution is -2.28. The molecule has 4 heteroatoms. The molecule has 104 valence electrons. The van der Waals surface area contributed by atoms with Crippen molar-refractivity contribution in [2.45, 2.75) is 6.92 Å². The van der Waals surface area contributed by atoms with Gasteiger partial charge in [-0.15, -0.1) is 0 Å². The van der Waals surface area contributed by atoms with Crippen LogP contribution in [0, 0.1) is 6.92 Å². The normalized spacial score (nSPS) is 10.1. The minimum atomic E-state index is -0.153. The predicted octanol–water partition coefficient (Wildman–Crippen LogP) is 3.46. The summed E-state index contributed by atoms with van der Waals surface area (Å²) >= 11 is 5.84. The van der Waals surface area contributed by atoms with Gasteiger partial charge in [0.2, 0.25) is 0 Å². The third-order valence-electron chi connectivity index (χ3n) is 2.76. The molecule has 0 radical (unpaired) electrons. The number of rotatable bonds is 5. The first-order valence-corrected chi connectivity index (χ1v) is 6.76. The number of hydrogen-bond acceptors (Lipinski definition) is 2. The van der Waals surface area contributed by atoms with Crippen molar-refractivity contribution in [3.8, 4) is 5.75 Å². The third-order valence-corrected chi connectivity index (χ3v) is 3.00. The Labute approximate surface area is 123 Å². The highest BCUT2D eigenvalue weighted by molar-refractivity contribution is 6.30. The molecule has 0 fully saturated rings. The molecule has 0 aliphatic heterocycles. The number of nitrogens with one attached hydrogen (secondary N) is 1. The summed E-state index contributed by atoms with van der Waals surface area (Å²) < 4.78 is 5.53. The lowest BCUT2D eigenvalue weighted by Gasteiger charge is -2.08. The second-order valence-electron chi connectivity index (χ2n) is 4.43. The summed E-state index contributed by atoms with van der Waals surface area (Å²) in [5, 5.41) is 3.33. The first kappa shape index (κ1) is 14.4. The molecule has 0 bridgehead atoms. The van der Waals surface area contributed by atoms with Crippen molar-refractivity contribution in [2.24, 2.45) is 0 Å². The second-order valence-corrected chi connectivity index (χ2v) is 4.86. The Bertz CT molecular complexity index is 581. The Balaban J connectivity index is 1.76. The van der Waals surface area contributed by atoms with E-state index in [1.807, 2.05) is 31.2 Å². The zero-order chi connectivity index (χ0) is 14.4. The molecule has 2 aromatic carbocycles. The van der Waals surface area contributed by atoms with Crippen LogP contribution >= 0.6 is 11.6 Å². The number of carbonyl (C=O) groups excluding carboxylic acids is 1. The number of aryl methyl sites for hydroxylation is 1. The maximum absolute atomic E-state index is 11.8. The van der Waals surface area contributed by atoms with E-state index in [0.717, 1.165) is 5.75 Å². The van der Waals surface area contributed by atoms with Gasteiger partial charge in [-0.2, -0.15) is 0 Å². The van der Waals surface area contributed by atoms with Crippen LogP contribution in [0.4, 0.5) is 0 Å². The van der Waals surface area contributed by atoms with Crippen molar-refractivity contribution in [2.75, 3.05) is 13.2 Å². The van der Waals surface area contributed by atoms with Gasteiger partial charge >= 0.3 is 0 Å². The Morgan fingerprint density at radius 1 is 1.20 bits per heavy atom. The zero-order valence-corrected chi connectivity index (χ0v) is 12.0.